The Morgan fingerprint density at radius 3 is 2.80 bits per heavy atom. The molecule has 0 saturated heterocycles. The van der Waals surface area contributed by atoms with Gasteiger partial charge in [0.25, 0.3) is 0 Å². The minimum Gasteiger partial charge on any atom is -0.360 e. The van der Waals surface area contributed by atoms with Crippen LogP contribution in [0.2, 0.25) is 0 Å². The molecule has 2 rings (SSSR count). The van der Waals surface area contributed by atoms with E-state index in [0.29, 0.717) is 36.0 Å². The van der Waals surface area contributed by atoms with Crippen LogP contribution >= 0.6 is 11.3 Å². The van der Waals surface area contributed by atoms with E-state index in [0.717, 1.165) is 6.29 Å². The number of hydrogen-bond acceptors (Lipinski definition) is 6. The summed E-state index contributed by atoms with van der Waals surface area (Å²) in [5, 5.41) is 8.50. The molecule has 20 heavy (non-hydrogen) atoms. The van der Waals surface area contributed by atoms with Crippen LogP contribution in [-0.4, -0.2) is 36.7 Å². The zero-order valence-electron chi connectivity index (χ0n) is 10.8. The first kappa shape index (κ1) is 14.4. The molecule has 0 amide bonds. The molecule has 5 nitrogen and oxygen atoms in total. The third-order valence-corrected chi connectivity index (χ3v) is 3.38. The predicted octanol–water partition coefficient (Wildman–Crippen LogP) is 1.57. The highest BCUT2D eigenvalue weighted by Crippen LogP contribution is 2.17. The lowest BCUT2D eigenvalue weighted by Crippen LogP contribution is -2.23. The Morgan fingerprint density at radius 1 is 1.25 bits per heavy atom. The molecule has 6 heteroatoms. The van der Waals surface area contributed by atoms with Crippen molar-refractivity contribution < 1.29 is 9.59 Å². The maximum Gasteiger partial charge on any atom is 0.212 e. The minimum absolute atomic E-state index is 0.0750. The van der Waals surface area contributed by atoms with Crippen molar-refractivity contribution in [2.24, 2.45) is 0 Å². The lowest BCUT2D eigenvalue weighted by atomic mass is 10.1. The number of hydrogen-bond donors (Lipinski definition) is 2. The van der Waals surface area contributed by atoms with Gasteiger partial charge in [-0.05, 0) is 0 Å². The van der Waals surface area contributed by atoms with Crippen LogP contribution < -0.4 is 10.6 Å². The van der Waals surface area contributed by atoms with Gasteiger partial charge in [0, 0.05) is 24.0 Å². The van der Waals surface area contributed by atoms with E-state index in [1.807, 2.05) is 18.2 Å². The Labute approximate surface area is 121 Å². The minimum atomic E-state index is -0.0750. The van der Waals surface area contributed by atoms with E-state index >= 15 is 0 Å². The maximum absolute atomic E-state index is 12.1. The summed E-state index contributed by atoms with van der Waals surface area (Å²) < 4.78 is 0. The number of thiazole rings is 1. The lowest BCUT2D eigenvalue weighted by Gasteiger charge is -2.02. The molecule has 0 fully saturated rings. The van der Waals surface area contributed by atoms with Crippen LogP contribution in [0.1, 0.15) is 16.1 Å². The summed E-state index contributed by atoms with van der Waals surface area (Å²) in [5.74, 6) is -0.0750. The quantitative estimate of drug-likeness (QED) is 0.438. The van der Waals surface area contributed by atoms with Crippen molar-refractivity contribution in [1.29, 1.82) is 0 Å². The standard InChI is InChI=1S/C14H15N3O2S/c18-9-8-15-6-7-16-14-17-12(10-20-14)13(19)11-4-2-1-3-5-11/h1-5,9-10,15H,6-8H2,(H,16,17). The fraction of sp³-hybridized carbons (Fsp3) is 0.214. The number of aromatic nitrogens is 1. The summed E-state index contributed by atoms with van der Waals surface area (Å²) in [4.78, 5) is 26.5. The number of carbonyl (C=O) groups is 2. The third-order valence-electron chi connectivity index (χ3n) is 2.58. The van der Waals surface area contributed by atoms with Gasteiger partial charge in [0.05, 0.1) is 6.54 Å². The molecule has 0 saturated carbocycles. The van der Waals surface area contributed by atoms with Gasteiger partial charge in [-0.3, -0.25) is 4.79 Å². The first-order valence-corrected chi connectivity index (χ1v) is 7.12. The molecule has 1 heterocycles. The number of rotatable bonds is 8. The second kappa shape index (κ2) is 7.52. The number of nitrogens with zero attached hydrogens (tertiary/aromatic N) is 1. The van der Waals surface area contributed by atoms with Crippen molar-refractivity contribution in [3.8, 4) is 0 Å². The topological polar surface area (TPSA) is 71.1 Å². The average Bonchev–Trinajstić information content (AvgIpc) is 2.96. The normalized spacial score (nSPS) is 10.2. The summed E-state index contributed by atoms with van der Waals surface area (Å²) in [7, 11) is 0. The van der Waals surface area contributed by atoms with Crippen molar-refractivity contribution >= 4 is 28.5 Å². The number of ketones is 1. The van der Waals surface area contributed by atoms with E-state index in [1.165, 1.54) is 11.3 Å². The van der Waals surface area contributed by atoms with E-state index in [9.17, 15) is 9.59 Å². The molecular formula is C14H15N3O2S. The molecule has 0 spiro atoms. The van der Waals surface area contributed by atoms with Crippen LogP contribution in [0.15, 0.2) is 35.7 Å². The summed E-state index contributed by atoms with van der Waals surface area (Å²) in [6, 6.07) is 9.09. The van der Waals surface area contributed by atoms with Crippen LogP contribution in [0, 0.1) is 0 Å². The van der Waals surface area contributed by atoms with E-state index in [1.54, 1.807) is 17.5 Å². The smallest absolute Gasteiger partial charge is 0.212 e. The highest BCUT2D eigenvalue weighted by molar-refractivity contribution is 7.13. The van der Waals surface area contributed by atoms with Gasteiger partial charge in [0.1, 0.15) is 12.0 Å². The van der Waals surface area contributed by atoms with Gasteiger partial charge in [0.15, 0.2) is 5.13 Å². The second-order valence-electron chi connectivity index (χ2n) is 4.03. The highest BCUT2D eigenvalue weighted by Gasteiger charge is 2.12. The molecule has 0 bridgehead atoms. The Bertz CT molecular complexity index is 569. The van der Waals surface area contributed by atoms with Crippen LogP contribution in [-0.2, 0) is 4.79 Å². The molecule has 0 aliphatic heterocycles. The third kappa shape index (κ3) is 3.97. The number of carbonyl (C=O) groups excluding carboxylic acids is 2. The molecule has 104 valence electrons. The van der Waals surface area contributed by atoms with Gasteiger partial charge in [-0.25, -0.2) is 4.98 Å². The van der Waals surface area contributed by atoms with E-state index < -0.39 is 0 Å². The summed E-state index contributed by atoms with van der Waals surface area (Å²) in [5.41, 5.74) is 1.08. The van der Waals surface area contributed by atoms with Crippen LogP contribution in [0.3, 0.4) is 0 Å². The number of benzene rings is 1. The molecule has 0 aliphatic rings. The van der Waals surface area contributed by atoms with E-state index in [-0.39, 0.29) is 5.78 Å². The van der Waals surface area contributed by atoms with Gasteiger partial charge in [-0.2, -0.15) is 0 Å². The van der Waals surface area contributed by atoms with Crippen molar-refractivity contribution in [1.82, 2.24) is 10.3 Å². The number of anilines is 1. The fourth-order valence-electron chi connectivity index (χ4n) is 1.62. The van der Waals surface area contributed by atoms with Crippen LogP contribution in [0.4, 0.5) is 5.13 Å². The first-order chi connectivity index (χ1) is 9.81. The van der Waals surface area contributed by atoms with Crippen molar-refractivity contribution in [2.45, 2.75) is 0 Å². The maximum atomic E-state index is 12.1. The molecule has 1 aromatic carbocycles. The van der Waals surface area contributed by atoms with Gasteiger partial charge < -0.3 is 15.4 Å². The lowest BCUT2D eigenvalue weighted by molar-refractivity contribution is -0.107. The van der Waals surface area contributed by atoms with Gasteiger partial charge >= 0.3 is 0 Å². The van der Waals surface area contributed by atoms with Gasteiger partial charge in [-0.15, -0.1) is 11.3 Å². The zero-order valence-corrected chi connectivity index (χ0v) is 11.7. The number of aldehydes is 1. The molecule has 0 radical (unpaired) electrons. The van der Waals surface area contributed by atoms with E-state index in [4.69, 9.17) is 0 Å². The largest absolute Gasteiger partial charge is 0.360 e. The van der Waals surface area contributed by atoms with Crippen LogP contribution in [0.25, 0.3) is 0 Å². The second-order valence-corrected chi connectivity index (χ2v) is 4.89. The van der Waals surface area contributed by atoms with Crippen molar-refractivity contribution in [3.05, 3.63) is 47.0 Å². The van der Waals surface area contributed by atoms with Gasteiger partial charge in [-0.1, -0.05) is 30.3 Å². The predicted molar refractivity (Wildman–Crippen MR) is 79.4 cm³/mol. The fourth-order valence-corrected chi connectivity index (χ4v) is 2.33. The Morgan fingerprint density at radius 2 is 2.05 bits per heavy atom. The van der Waals surface area contributed by atoms with Gasteiger partial charge in [0.2, 0.25) is 5.78 Å². The molecular weight excluding hydrogens is 274 g/mol. The van der Waals surface area contributed by atoms with E-state index in [2.05, 4.69) is 15.6 Å². The average molecular weight is 289 g/mol. The summed E-state index contributed by atoms with van der Waals surface area (Å²) in [6.45, 7) is 1.66. The Hall–Kier alpha value is -2.05. The Balaban J connectivity index is 1.89. The number of nitrogens with one attached hydrogen (secondary N) is 2. The summed E-state index contributed by atoms with van der Waals surface area (Å²) >= 11 is 1.40. The monoisotopic (exact) mass is 289 g/mol. The van der Waals surface area contributed by atoms with Crippen molar-refractivity contribution in [2.75, 3.05) is 25.0 Å². The van der Waals surface area contributed by atoms with Crippen LogP contribution in [0.5, 0.6) is 0 Å². The Kier molecular flexibility index (Phi) is 5.40. The highest BCUT2D eigenvalue weighted by atomic mass is 32.1. The molecule has 0 aliphatic carbocycles. The first-order valence-electron chi connectivity index (χ1n) is 6.25. The zero-order chi connectivity index (χ0) is 14.2. The molecule has 1 aromatic heterocycles. The van der Waals surface area contributed by atoms with Crippen molar-refractivity contribution in [3.63, 3.8) is 0 Å². The molecule has 0 unspecified atom stereocenters. The summed E-state index contributed by atoms with van der Waals surface area (Å²) in [6.07, 6.45) is 0.819. The molecule has 0 atom stereocenters. The molecule has 2 aromatic rings. The molecule has 2 N–H and O–H groups in total. The SMILES string of the molecule is O=CCNCCNc1nc(C(=O)c2ccccc2)cs1.